The Morgan fingerprint density at radius 1 is 1.06 bits per heavy atom. The third-order valence-corrected chi connectivity index (χ3v) is 2.99. The second-order valence-corrected chi connectivity index (χ2v) is 5.29. The van der Waals surface area contributed by atoms with Gasteiger partial charge in [0.25, 0.3) is 0 Å². The fraction of sp³-hybridized carbons (Fsp3) is 0.333. The SMILES string of the molecule is CC(C)(C)c1ccc(-c2ccoc2CN)cc1. The van der Waals surface area contributed by atoms with Gasteiger partial charge >= 0.3 is 0 Å². The van der Waals surface area contributed by atoms with Gasteiger partial charge in [-0.3, -0.25) is 0 Å². The van der Waals surface area contributed by atoms with Crippen LogP contribution in [0.15, 0.2) is 41.0 Å². The van der Waals surface area contributed by atoms with Gasteiger partial charge in [-0.25, -0.2) is 0 Å². The third kappa shape index (κ3) is 2.42. The van der Waals surface area contributed by atoms with Crippen LogP contribution in [0, 0.1) is 0 Å². The Hall–Kier alpha value is -1.54. The second-order valence-electron chi connectivity index (χ2n) is 5.29. The number of hydrogen-bond donors (Lipinski definition) is 1. The summed E-state index contributed by atoms with van der Waals surface area (Å²) in [6, 6.07) is 10.6. The first-order chi connectivity index (χ1) is 8.02. The number of rotatable bonds is 2. The summed E-state index contributed by atoms with van der Waals surface area (Å²) in [7, 11) is 0. The molecule has 17 heavy (non-hydrogen) atoms. The molecular formula is C15H19NO. The van der Waals surface area contributed by atoms with Crippen molar-refractivity contribution in [2.45, 2.75) is 32.7 Å². The molecule has 1 aromatic carbocycles. The smallest absolute Gasteiger partial charge is 0.125 e. The van der Waals surface area contributed by atoms with Gasteiger partial charge in [0, 0.05) is 5.56 Å². The van der Waals surface area contributed by atoms with Crippen molar-refractivity contribution in [3.63, 3.8) is 0 Å². The zero-order valence-electron chi connectivity index (χ0n) is 10.7. The van der Waals surface area contributed by atoms with E-state index in [9.17, 15) is 0 Å². The summed E-state index contributed by atoms with van der Waals surface area (Å²) in [5, 5.41) is 0. The molecular weight excluding hydrogens is 210 g/mol. The van der Waals surface area contributed by atoms with Gasteiger partial charge in [-0.15, -0.1) is 0 Å². The maximum atomic E-state index is 5.64. The first-order valence-corrected chi connectivity index (χ1v) is 5.90. The normalized spacial score (nSPS) is 11.8. The molecule has 0 atom stereocenters. The van der Waals surface area contributed by atoms with E-state index >= 15 is 0 Å². The van der Waals surface area contributed by atoms with E-state index in [1.54, 1.807) is 6.26 Å². The van der Waals surface area contributed by atoms with Crippen molar-refractivity contribution in [2.75, 3.05) is 0 Å². The Kier molecular flexibility index (Phi) is 3.07. The van der Waals surface area contributed by atoms with E-state index in [2.05, 4.69) is 45.0 Å². The van der Waals surface area contributed by atoms with E-state index < -0.39 is 0 Å². The number of benzene rings is 1. The Bertz CT molecular complexity index is 488. The van der Waals surface area contributed by atoms with Gasteiger partial charge in [0.15, 0.2) is 0 Å². The fourth-order valence-electron chi connectivity index (χ4n) is 1.91. The monoisotopic (exact) mass is 229 g/mol. The van der Waals surface area contributed by atoms with Gasteiger partial charge in [0.1, 0.15) is 5.76 Å². The van der Waals surface area contributed by atoms with Gasteiger partial charge < -0.3 is 10.2 Å². The summed E-state index contributed by atoms with van der Waals surface area (Å²) in [6.07, 6.45) is 1.69. The molecule has 0 unspecified atom stereocenters. The molecule has 2 rings (SSSR count). The van der Waals surface area contributed by atoms with E-state index in [0.717, 1.165) is 16.9 Å². The molecule has 2 aromatic rings. The molecule has 0 aliphatic heterocycles. The molecule has 0 saturated heterocycles. The highest BCUT2D eigenvalue weighted by Gasteiger charge is 2.14. The van der Waals surface area contributed by atoms with Gasteiger partial charge in [0.05, 0.1) is 12.8 Å². The minimum Gasteiger partial charge on any atom is -0.467 e. The van der Waals surface area contributed by atoms with Crippen molar-refractivity contribution in [1.29, 1.82) is 0 Å². The fourth-order valence-corrected chi connectivity index (χ4v) is 1.91. The van der Waals surface area contributed by atoms with Crippen LogP contribution in [0.4, 0.5) is 0 Å². The zero-order valence-corrected chi connectivity index (χ0v) is 10.7. The molecule has 0 spiro atoms. The molecule has 0 aliphatic carbocycles. The third-order valence-electron chi connectivity index (χ3n) is 2.99. The molecule has 2 N–H and O–H groups in total. The summed E-state index contributed by atoms with van der Waals surface area (Å²) in [6.45, 7) is 7.07. The molecule has 0 saturated carbocycles. The van der Waals surface area contributed by atoms with Gasteiger partial charge in [-0.2, -0.15) is 0 Å². The van der Waals surface area contributed by atoms with Gasteiger partial charge in [-0.05, 0) is 22.6 Å². The Morgan fingerprint density at radius 3 is 2.24 bits per heavy atom. The maximum absolute atomic E-state index is 5.64. The molecule has 0 bridgehead atoms. The lowest BCUT2D eigenvalue weighted by Crippen LogP contribution is -2.10. The van der Waals surface area contributed by atoms with Crippen LogP contribution in [-0.2, 0) is 12.0 Å². The standard InChI is InChI=1S/C15H19NO/c1-15(2,3)12-6-4-11(5-7-12)13-8-9-17-14(13)10-16/h4-9H,10,16H2,1-3H3. The van der Waals surface area contributed by atoms with Crippen LogP contribution in [0.5, 0.6) is 0 Å². The lowest BCUT2D eigenvalue weighted by Gasteiger charge is -2.19. The van der Waals surface area contributed by atoms with Crippen molar-refractivity contribution >= 4 is 0 Å². The Labute approximate surface area is 102 Å². The molecule has 0 aliphatic rings. The highest BCUT2D eigenvalue weighted by molar-refractivity contribution is 5.65. The molecule has 90 valence electrons. The summed E-state index contributed by atoms with van der Waals surface area (Å²) in [5.74, 6) is 0.841. The van der Waals surface area contributed by atoms with E-state index in [1.807, 2.05) is 6.07 Å². The van der Waals surface area contributed by atoms with Crippen LogP contribution in [0.1, 0.15) is 32.1 Å². The van der Waals surface area contributed by atoms with E-state index in [4.69, 9.17) is 10.2 Å². The van der Waals surface area contributed by atoms with Gasteiger partial charge in [-0.1, -0.05) is 45.0 Å². The highest BCUT2D eigenvalue weighted by Crippen LogP contribution is 2.28. The van der Waals surface area contributed by atoms with Crippen LogP contribution in [0.3, 0.4) is 0 Å². The average molecular weight is 229 g/mol. The summed E-state index contributed by atoms with van der Waals surface area (Å²) >= 11 is 0. The molecule has 2 heteroatoms. The summed E-state index contributed by atoms with van der Waals surface area (Å²) < 4.78 is 5.34. The molecule has 2 nitrogen and oxygen atoms in total. The minimum absolute atomic E-state index is 0.186. The highest BCUT2D eigenvalue weighted by atomic mass is 16.3. The molecule has 1 aromatic heterocycles. The van der Waals surface area contributed by atoms with Crippen LogP contribution < -0.4 is 5.73 Å². The Balaban J connectivity index is 2.36. The van der Waals surface area contributed by atoms with Crippen LogP contribution in [-0.4, -0.2) is 0 Å². The lowest BCUT2D eigenvalue weighted by atomic mass is 9.86. The molecule has 0 fully saturated rings. The largest absolute Gasteiger partial charge is 0.467 e. The van der Waals surface area contributed by atoms with Crippen molar-refractivity contribution in [1.82, 2.24) is 0 Å². The minimum atomic E-state index is 0.186. The first kappa shape index (κ1) is 11.9. The van der Waals surface area contributed by atoms with Crippen LogP contribution in [0.2, 0.25) is 0 Å². The van der Waals surface area contributed by atoms with Crippen molar-refractivity contribution in [2.24, 2.45) is 5.73 Å². The predicted octanol–water partition coefficient (Wildman–Crippen LogP) is 3.70. The van der Waals surface area contributed by atoms with Crippen molar-refractivity contribution in [3.8, 4) is 11.1 Å². The van der Waals surface area contributed by atoms with Crippen molar-refractivity contribution < 1.29 is 4.42 Å². The average Bonchev–Trinajstić information content (AvgIpc) is 2.76. The number of hydrogen-bond acceptors (Lipinski definition) is 2. The maximum Gasteiger partial charge on any atom is 0.125 e. The second kappa shape index (κ2) is 4.38. The van der Waals surface area contributed by atoms with Crippen LogP contribution >= 0.6 is 0 Å². The van der Waals surface area contributed by atoms with Gasteiger partial charge in [0.2, 0.25) is 0 Å². The van der Waals surface area contributed by atoms with E-state index in [-0.39, 0.29) is 5.41 Å². The predicted molar refractivity (Wildman–Crippen MR) is 70.7 cm³/mol. The zero-order chi connectivity index (χ0) is 12.5. The lowest BCUT2D eigenvalue weighted by molar-refractivity contribution is 0.513. The van der Waals surface area contributed by atoms with E-state index in [1.165, 1.54) is 5.56 Å². The summed E-state index contributed by atoms with van der Waals surface area (Å²) in [5.41, 5.74) is 9.41. The quantitative estimate of drug-likeness (QED) is 0.852. The topological polar surface area (TPSA) is 39.2 Å². The summed E-state index contributed by atoms with van der Waals surface area (Å²) in [4.78, 5) is 0. The Morgan fingerprint density at radius 2 is 1.71 bits per heavy atom. The molecule has 0 amide bonds. The van der Waals surface area contributed by atoms with E-state index in [0.29, 0.717) is 6.54 Å². The van der Waals surface area contributed by atoms with Crippen molar-refractivity contribution in [3.05, 3.63) is 47.9 Å². The molecule has 1 heterocycles. The number of nitrogens with two attached hydrogens (primary N) is 1. The number of furan rings is 1. The molecule has 0 radical (unpaired) electrons. The first-order valence-electron chi connectivity index (χ1n) is 5.90. The van der Waals surface area contributed by atoms with Crippen LogP contribution in [0.25, 0.3) is 11.1 Å².